The maximum absolute atomic E-state index is 5.88. The number of benzene rings is 2. The lowest BCUT2D eigenvalue weighted by Gasteiger charge is -2.17. The highest BCUT2D eigenvalue weighted by Crippen LogP contribution is 2.41. The highest BCUT2D eigenvalue weighted by molar-refractivity contribution is 7.42. The van der Waals surface area contributed by atoms with E-state index in [0.717, 1.165) is 23.8 Å². The molecule has 0 fully saturated rings. The fraction of sp³-hybridized carbons (Fsp3) is 0.400. The van der Waals surface area contributed by atoms with Gasteiger partial charge in [0.2, 0.25) is 0 Å². The molecule has 0 atom stereocenters. The van der Waals surface area contributed by atoms with Crippen molar-refractivity contribution < 1.29 is 13.6 Å². The molecule has 24 heavy (non-hydrogen) atoms. The predicted molar refractivity (Wildman–Crippen MR) is 100 cm³/mol. The van der Waals surface area contributed by atoms with Crippen molar-refractivity contribution in [1.29, 1.82) is 0 Å². The van der Waals surface area contributed by atoms with Crippen molar-refractivity contribution in [2.24, 2.45) is 5.92 Å². The molecule has 0 aliphatic rings. The Bertz CT molecular complexity index is 504. The van der Waals surface area contributed by atoms with E-state index in [1.807, 2.05) is 60.7 Å². The van der Waals surface area contributed by atoms with Gasteiger partial charge >= 0.3 is 8.60 Å². The van der Waals surface area contributed by atoms with Crippen LogP contribution in [0, 0.1) is 5.92 Å². The lowest BCUT2D eigenvalue weighted by atomic mass is 10.1. The van der Waals surface area contributed by atoms with Gasteiger partial charge in [-0.1, -0.05) is 69.5 Å². The molecule has 2 aromatic rings. The van der Waals surface area contributed by atoms with Gasteiger partial charge in [0, 0.05) is 0 Å². The summed E-state index contributed by atoms with van der Waals surface area (Å²) < 4.78 is 17.6. The molecule has 0 spiro atoms. The van der Waals surface area contributed by atoms with Crippen LogP contribution in [0.3, 0.4) is 0 Å². The van der Waals surface area contributed by atoms with Crippen molar-refractivity contribution in [3.8, 4) is 11.5 Å². The fourth-order valence-corrected chi connectivity index (χ4v) is 3.19. The number of unbranched alkanes of at least 4 members (excludes halogenated alkanes) is 2. The molecule has 0 saturated heterocycles. The van der Waals surface area contributed by atoms with Crippen LogP contribution in [0.1, 0.15) is 39.5 Å². The summed E-state index contributed by atoms with van der Waals surface area (Å²) in [7, 11) is -1.45. The summed E-state index contributed by atoms with van der Waals surface area (Å²) in [6, 6.07) is 19.3. The molecular weight excluding hydrogens is 319 g/mol. The van der Waals surface area contributed by atoms with Crippen molar-refractivity contribution in [2.45, 2.75) is 39.5 Å². The zero-order valence-electron chi connectivity index (χ0n) is 14.6. The van der Waals surface area contributed by atoms with E-state index >= 15 is 0 Å². The molecule has 2 aromatic carbocycles. The van der Waals surface area contributed by atoms with Crippen LogP contribution < -0.4 is 9.05 Å². The van der Waals surface area contributed by atoms with Gasteiger partial charge < -0.3 is 9.05 Å². The smallest absolute Gasteiger partial charge is 0.418 e. The molecular formula is C20H27O3P. The summed E-state index contributed by atoms with van der Waals surface area (Å²) in [6.45, 7) is 5.18. The standard InChI is InChI=1S/C20H27O3P/c1-18(2)12-6-5-11-17-21-24(22-19-13-7-3-8-14-19)23-20-15-9-4-10-16-20/h3-4,7-10,13-16,18H,5-6,11-12,17H2,1-2H3. The zero-order chi connectivity index (χ0) is 17.0. The Balaban J connectivity index is 1.81. The Morgan fingerprint density at radius 2 is 1.29 bits per heavy atom. The summed E-state index contributed by atoms with van der Waals surface area (Å²) in [6.07, 6.45) is 4.73. The van der Waals surface area contributed by atoms with Gasteiger partial charge in [0.05, 0.1) is 6.61 Å². The molecule has 0 N–H and O–H groups in total. The summed E-state index contributed by atoms with van der Waals surface area (Å²) in [4.78, 5) is 0. The van der Waals surface area contributed by atoms with Crippen LogP contribution in [-0.2, 0) is 4.52 Å². The monoisotopic (exact) mass is 346 g/mol. The SMILES string of the molecule is CC(C)CCCCCOP(Oc1ccccc1)Oc1ccccc1. The van der Waals surface area contributed by atoms with E-state index in [4.69, 9.17) is 13.6 Å². The average molecular weight is 346 g/mol. The van der Waals surface area contributed by atoms with E-state index in [2.05, 4.69) is 13.8 Å². The highest BCUT2D eigenvalue weighted by Gasteiger charge is 2.16. The maximum Gasteiger partial charge on any atom is 0.463 e. The van der Waals surface area contributed by atoms with Crippen molar-refractivity contribution in [1.82, 2.24) is 0 Å². The minimum Gasteiger partial charge on any atom is -0.418 e. The van der Waals surface area contributed by atoms with Gasteiger partial charge in [-0.25, -0.2) is 0 Å². The van der Waals surface area contributed by atoms with Crippen LogP contribution in [0.15, 0.2) is 60.7 Å². The second kappa shape index (κ2) is 11.1. The first kappa shape index (κ1) is 18.8. The molecule has 3 nitrogen and oxygen atoms in total. The molecule has 0 heterocycles. The molecule has 2 rings (SSSR count). The first-order valence-corrected chi connectivity index (χ1v) is 9.72. The molecule has 4 heteroatoms. The normalized spacial score (nSPS) is 11.0. The molecule has 0 amide bonds. The van der Waals surface area contributed by atoms with Gasteiger partial charge in [0.15, 0.2) is 0 Å². The topological polar surface area (TPSA) is 27.7 Å². The second-order valence-electron chi connectivity index (χ2n) is 6.11. The first-order valence-electron chi connectivity index (χ1n) is 8.63. The minimum absolute atomic E-state index is 0.656. The van der Waals surface area contributed by atoms with Crippen molar-refractivity contribution in [2.75, 3.05) is 6.61 Å². The first-order chi connectivity index (χ1) is 11.7. The predicted octanol–water partition coefficient (Wildman–Crippen LogP) is 6.60. The molecule has 0 aromatic heterocycles. The third-order valence-electron chi connectivity index (χ3n) is 3.47. The van der Waals surface area contributed by atoms with Crippen molar-refractivity contribution >= 4 is 8.60 Å². The van der Waals surface area contributed by atoms with Crippen LogP contribution in [0.2, 0.25) is 0 Å². The quantitative estimate of drug-likeness (QED) is 0.339. The molecule has 0 bridgehead atoms. The van der Waals surface area contributed by atoms with Crippen LogP contribution in [0.5, 0.6) is 11.5 Å². The number of rotatable bonds is 11. The molecule has 0 radical (unpaired) electrons. The summed E-state index contributed by atoms with van der Waals surface area (Å²) in [5, 5.41) is 0. The van der Waals surface area contributed by atoms with Gasteiger partial charge in [-0.3, -0.25) is 4.52 Å². The van der Waals surface area contributed by atoms with Gasteiger partial charge in [-0.05, 0) is 36.6 Å². The molecule has 0 unspecified atom stereocenters. The highest BCUT2D eigenvalue weighted by atomic mass is 31.2. The van der Waals surface area contributed by atoms with E-state index < -0.39 is 8.60 Å². The van der Waals surface area contributed by atoms with Crippen molar-refractivity contribution in [3.63, 3.8) is 0 Å². The second-order valence-corrected chi connectivity index (χ2v) is 7.18. The third-order valence-corrected chi connectivity index (χ3v) is 4.58. The maximum atomic E-state index is 5.88. The van der Waals surface area contributed by atoms with Crippen LogP contribution >= 0.6 is 8.60 Å². The van der Waals surface area contributed by atoms with Gasteiger partial charge in [-0.15, -0.1) is 0 Å². The van der Waals surface area contributed by atoms with E-state index in [1.165, 1.54) is 19.3 Å². The van der Waals surface area contributed by atoms with Crippen LogP contribution in [-0.4, -0.2) is 6.61 Å². The molecule has 0 aliphatic carbocycles. The van der Waals surface area contributed by atoms with E-state index in [1.54, 1.807) is 0 Å². The average Bonchev–Trinajstić information content (AvgIpc) is 2.59. The Kier molecular flexibility index (Phi) is 8.65. The molecule has 0 aliphatic heterocycles. The Morgan fingerprint density at radius 3 is 1.79 bits per heavy atom. The van der Waals surface area contributed by atoms with E-state index in [-0.39, 0.29) is 0 Å². The number of hydrogen-bond donors (Lipinski definition) is 0. The minimum atomic E-state index is -1.45. The Hall–Kier alpha value is -1.57. The lowest BCUT2D eigenvalue weighted by Crippen LogP contribution is -2.01. The number of para-hydroxylation sites is 2. The van der Waals surface area contributed by atoms with Crippen molar-refractivity contribution in [3.05, 3.63) is 60.7 Å². The van der Waals surface area contributed by atoms with Gasteiger partial charge in [0.1, 0.15) is 11.5 Å². The van der Waals surface area contributed by atoms with Crippen LogP contribution in [0.25, 0.3) is 0 Å². The third kappa shape index (κ3) is 7.81. The number of hydrogen-bond acceptors (Lipinski definition) is 3. The molecule has 0 saturated carbocycles. The zero-order valence-corrected chi connectivity index (χ0v) is 15.5. The Labute approximate surface area is 147 Å². The lowest BCUT2D eigenvalue weighted by molar-refractivity contribution is 0.257. The fourth-order valence-electron chi connectivity index (χ4n) is 2.18. The Morgan fingerprint density at radius 1 is 0.750 bits per heavy atom. The largest absolute Gasteiger partial charge is 0.463 e. The summed E-state index contributed by atoms with van der Waals surface area (Å²) in [5.74, 6) is 2.30. The molecule has 130 valence electrons. The summed E-state index contributed by atoms with van der Waals surface area (Å²) in [5.41, 5.74) is 0. The summed E-state index contributed by atoms with van der Waals surface area (Å²) >= 11 is 0. The van der Waals surface area contributed by atoms with E-state index in [9.17, 15) is 0 Å². The van der Waals surface area contributed by atoms with E-state index in [0.29, 0.717) is 6.61 Å². The van der Waals surface area contributed by atoms with Gasteiger partial charge in [0.25, 0.3) is 0 Å². The van der Waals surface area contributed by atoms with Gasteiger partial charge in [-0.2, -0.15) is 0 Å². The van der Waals surface area contributed by atoms with Crippen LogP contribution in [0.4, 0.5) is 0 Å².